The van der Waals surface area contributed by atoms with Gasteiger partial charge in [0.05, 0.1) is 6.07 Å². The van der Waals surface area contributed by atoms with Gasteiger partial charge in [-0.05, 0) is 19.3 Å². The minimum absolute atomic E-state index is 0.158. The van der Waals surface area contributed by atoms with Crippen molar-refractivity contribution in [2.24, 2.45) is 12.5 Å². The number of carbonyl (C=O) groups excluding carboxylic acids is 1. The average molecular weight is 373 g/mol. The molecule has 27 heavy (non-hydrogen) atoms. The van der Waals surface area contributed by atoms with Gasteiger partial charge in [-0.1, -0.05) is 26.2 Å². The molecular weight excluding hydrogens is 350 g/mol. The van der Waals surface area contributed by atoms with E-state index in [1.165, 1.54) is 9.13 Å². The van der Waals surface area contributed by atoms with Gasteiger partial charge in [-0.25, -0.2) is 9.78 Å². The molecule has 1 N–H and O–H groups in total. The zero-order valence-electron chi connectivity index (χ0n) is 15.6. The van der Waals surface area contributed by atoms with Gasteiger partial charge in [0.2, 0.25) is 0 Å². The van der Waals surface area contributed by atoms with Crippen molar-refractivity contribution in [1.29, 1.82) is 5.26 Å². The van der Waals surface area contributed by atoms with E-state index in [0.717, 1.165) is 25.7 Å². The van der Waals surface area contributed by atoms with Crippen LogP contribution in [-0.2, 0) is 29.7 Å². The van der Waals surface area contributed by atoms with Crippen molar-refractivity contribution in [2.45, 2.75) is 58.6 Å². The molecule has 0 unspecified atom stereocenters. The van der Waals surface area contributed by atoms with Crippen LogP contribution in [0, 0.1) is 16.7 Å². The van der Waals surface area contributed by atoms with Crippen molar-refractivity contribution >= 4 is 17.1 Å². The topological polar surface area (TPSA) is 123 Å². The third-order valence-corrected chi connectivity index (χ3v) is 5.24. The molecule has 0 aromatic carbocycles. The smallest absolute Gasteiger partial charge is 0.330 e. The van der Waals surface area contributed by atoms with Crippen LogP contribution in [0.3, 0.4) is 0 Å². The van der Waals surface area contributed by atoms with Crippen molar-refractivity contribution in [3.63, 3.8) is 0 Å². The third kappa shape index (κ3) is 3.27. The molecule has 1 fully saturated rings. The number of ether oxygens (including phenoxy) is 1. The van der Waals surface area contributed by atoms with Crippen LogP contribution < -0.4 is 11.2 Å². The maximum Gasteiger partial charge on any atom is 0.330 e. The number of nitriles is 1. The van der Waals surface area contributed by atoms with Crippen LogP contribution in [0.5, 0.6) is 0 Å². The number of hydrogen-bond donors (Lipinski definition) is 1. The van der Waals surface area contributed by atoms with Crippen LogP contribution in [0.15, 0.2) is 9.59 Å². The number of rotatable bonds is 6. The van der Waals surface area contributed by atoms with Crippen molar-refractivity contribution < 1.29 is 9.53 Å². The first-order chi connectivity index (χ1) is 12.9. The van der Waals surface area contributed by atoms with E-state index in [4.69, 9.17) is 4.74 Å². The van der Waals surface area contributed by atoms with Gasteiger partial charge in [0.15, 0.2) is 16.6 Å². The van der Waals surface area contributed by atoms with E-state index in [0.29, 0.717) is 25.2 Å². The second-order valence-electron chi connectivity index (χ2n) is 7.00. The van der Waals surface area contributed by atoms with Crippen LogP contribution in [0.2, 0.25) is 0 Å². The summed E-state index contributed by atoms with van der Waals surface area (Å²) in [4.78, 5) is 43.5. The highest BCUT2D eigenvalue weighted by atomic mass is 16.5. The summed E-state index contributed by atoms with van der Waals surface area (Å²) in [6.45, 7) is 2.29. The summed E-state index contributed by atoms with van der Waals surface area (Å²) >= 11 is 0. The van der Waals surface area contributed by atoms with Gasteiger partial charge in [-0.15, -0.1) is 0 Å². The predicted octanol–water partition coefficient (Wildman–Crippen LogP) is 1.35. The van der Waals surface area contributed by atoms with E-state index < -0.39 is 22.6 Å². The number of aryl methyl sites for hydroxylation is 2. The van der Waals surface area contributed by atoms with E-state index in [9.17, 15) is 19.6 Å². The molecule has 0 bridgehead atoms. The van der Waals surface area contributed by atoms with Crippen LogP contribution in [0.25, 0.3) is 11.2 Å². The molecular formula is C18H23N5O4. The summed E-state index contributed by atoms with van der Waals surface area (Å²) < 4.78 is 8.32. The van der Waals surface area contributed by atoms with Crippen molar-refractivity contribution in [2.75, 3.05) is 0 Å². The van der Waals surface area contributed by atoms with E-state index >= 15 is 0 Å². The summed E-state index contributed by atoms with van der Waals surface area (Å²) in [7, 11) is 1.64. The summed E-state index contributed by atoms with van der Waals surface area (Å²) in [6, 6.07) is 2.10. The van der Waals surface area contributed by atoms with E-state index in [1.54, 1.807) is 7.05 Å². The number of nitrogens with one attached hydrogen (secondary N) is 1. The maximum absolute atomic E-state index is 12.4. The summed E-state index contributed by atoms with van der Waals surface area (Å²) in [5, 5.41) is 9.38. The molecule has 3 rings (SSSR count). The fourth-order valence-corrected chi connectivity index (χ4v) is 3.55. The first-order valence-electron chi connectivity index (χ1n) is 9.20. The Kier molecular flexibility index (Phi) is 5.17. The van der Waals surface area contributed by atoms with Gasteiger partial charge in [-0.2, -0.15) is 5.26 Å². The lowest BCUT2D eigenvalue weighted by molar-refractivity contribution is -0.153. The molecule has 2 heterocycles. The Labute approximate surface area is 155 Å². The average Bonchev–Trinajstić information content (AvgIpc) is 3.25. The molecule has 9 nitrogen and oxygen atoms in total. The number of aromatic amines is 1. The first-order valence-corrected chi connectivity index (χ1v) is 9.20. The predicted molar refractivity (Wildman–Crippen MR) is 96.8 cm³/mol. The second-order valence-corrected chi connectivity index (χ2v) is 7.00. The third-order valence-electron chi connectivity index (χ3n) is 5.24. The Bertz CT molecular complexity index is 1020. The van der Waals surface area contributed by atoms with E-state index in [1.807, 2.05) is 6.92 Å². The summed E-state index contributed by atoms with van der Waals surface area (Å²) in [6.07, 6.45) is 4.32. The molecule has 0 spiro atoms. The number of unbranched alkanes of at least 4 members (excludes halogenated alkanes) is 1. The lowest BCUT2D eigenvalue weighted by Crippen LogP contribution is -2.31. The van der Waals surface area contributed by atoms with Gasteiger partial charge in [0.1, 0.15) is 12.4 Å². The van der Waals surface area contributed by atoms with Crippen LogP contribution >= 0.6 is 0 Å². The molecule has 0 aliphatic heterocycles. The molecule has 2 aromatic heterocycles. The molecule has 1 aliphatic rings. The standard InChI is InChI=1S/C18H23N5O4/c1-3-4-9-23-14-13(15(24)21-17(23)26)22(2)12(20-14)10-27-16(25)18(11-19)7-5-6-8-18/h3-10H2,1-2H3,(H,21,24,26). The van der Waals surface area contributed by atoms with Gasteiger partial charge in [0, 0.05) is 13.6 Å². The monoisotopic (exact) mass is 373 g/mol. The van der Waals surface area contributed by atoms with Gasteiger partial charge >= 0.3 is 11.7 Å². The number of esters is 1. The Hall–Kier alpha value is -2.89. The highest BCUT2D eigenvalue weighted by molar-refractivity contribution is 5.80. The van der Waals surface area contributed by atoms with Crippen LogP contribution in [-0.4, -0.2) is 25.1 Å². The Morgan fingerprint density at radius 2 is 2.07 bits per heavy atom. The first kappa shape index (κ1) is 18.9. The number of fused-ring (bicyclic) bond motifs is 1. The number of aromatic nitrogens is 4. The van der Waals surface area contributed by atoms with E-state index in [2.05, 4.69) is 16.0 Å². The molecule has 2 aromatic rings. The zero-order chi connectivity index (χ0) is 19.6. The Morgan fingerprint density at radius 3 is 2.70 bits per heavy atom. The fourth-order valence-electron chi connectivity index (χ4n) is 3.55. The van der Waals surface area contributed by atoms with Crippen molar-refractivity contribution in [1.82, 2.24) is 19.1 Å². The van der Waals surface area contributed by atoms with Gasteiger partial charge in [-0.3, -0.25) is 19.1 Å². The highest BCUT2D eigenvalue weighted by Crippen LogP contribution is 2.38. The van der Waals surface area contributed by atoms with Crippen molar-refractivity contribution in [3.05, 3.63) is 26.7 Å². The molecule has 0 saturated heterocycles. The van der Waals surface area contributed by atoms with Crippen LogP contribution in [0.4, 0.5) is 0 Å². The summed E-state index contributed by atoms with van der Waals surface area (Å²) in [5.41, 5.74) is -1.57. The van der Waals surface area contributed by atoms with Crippen LogP contribution in [0.1, 0.15) is 51.3 Å². The van der Waals surface area contributed by atoms with Crippen molar-refractivity contribution in [3.8, 4) is 6.07 Å². The lowest BCUT2D eigenvalue weighted by atomic mass is 9.88. The minimum Gasteiger partial charge on any atom is -0.456 e. The normalized spacial score (nSPS) is 15.7. The number of imidazole rings is 1. The number of carbonyl (C=O) groups is 1. The summed E-state index contributed by atoms with van der Waals surface area (Å²) in [5.74, 6) is -0.197. The minimum atomic E-state index is -1.08. The molecule has 0 atom stereocenters. The molecule has 1 saturated carbocycles. The maximum atomic E-state index is 12.4. The lowest BCUT2D eigenvalue weighted by Gasteiger charge is -2.17. The largest absolute Gasteiger partial charge is 0.456 e. The number of H-pyrrole nitrogens is 1. The molecule has 144 valence electrons. The van der Waals surface area contributed by atoms with Gasteiger partial charge in [0.25, 0.3) is 5.56 Å². The molecule has 0 amide bonds. The fraction of sp³-hybridized carbons (Fsp3) is 0.611. The molecule has 9 heteroatoms. The zero-order valence-corrected chi connectivity index (χ0v) is 15.6. The number of hydrogen-bond acceptors (Lipinski definition) is 6. The van der Waals surface area contributed by atoms with E-state index in [-0.39, 0.29) is 17.8 Å². The second kappa shape index (κ2) is 7.39. The Balaban J connectivity index is 1.92. The SMILES string of the molecule is CCCCn1c(=O)[nH]c(=O)c2c1nc(COC(=O)C1(C#N)CCCC1)n2C. The van der Waals surface area contributed by atoms with Gasteiger partial charge < -0.3 is 9.30 Å². The Morgan fingerprint density at radius 1 is 1.37 bits per heavy atom. The molecule has 1 aliphatic carbocycles. The molecule has 0 radical (unpaired) electrons. The number of nitrogens with zero attached hydrogens (tertiary/aromatic N) is 4. The quantitative estimate of drug-likeness (QED) is 0.763. The highest BCUT2D eigenvalue weighted by Gasteiger charge is 2.43.